The number of piperazine rings is 1. The lowest BCUT2D eigenvalue weighted by Crippen LogP contribution is -2.66. The molecule has 0 bridgehead atoms. The van der Waals surface area contributed by atoms with E-state index in [4.69, 9.17) is 0 Å². The molecule has 5 rings (SSSR count). The van der Waals surface area contributed by atoms with Crippen molar-refractivity contribution >= 4 is 11.8 Å². The Hall–Kier alpha value is -3.48. The number of nitrogens with zero attached hydrogens (tertiary/aromatic N) is 3. The summed E-state index contributed by atoms with van der Waals surface area (Å²) in [5, 5.41) is 9.96. The molecule has 2 fully saturated rings. The van der Waals surface area contributed by atoms with Gasteiger partial charge in [-0.1, -0.05) is 60.7 Å². The highest BCUT2D eigenvalue weighted by Gasteiger charge is 2.39. The normalized spacial score (nSPS) is 19.0. The van der Waals surface area contributed by atoms with E-state index < -0.39 is 0 Å². The Morgan fingerprint density at radius 2 is 1.29 bits per heavy atom. The number of carbonyl (C=O) groups is 2. The highest BCUT2D eigenvalue weighted by atomic mass is 16.3. The van der Waals surface area contributed by atoms with Crippen molar-refractivity contribution in [2.75, 3.05) is 39.3 Å². The number of carbonyl (C=O) groups excluding carboxylic acids is 2. The van der Waals surface area contributed by atoms with Crippen LogP contribution in [0.5, 0.6) is 0 Å². The zero-order chi connectivity index (χ0) is 23.5. The first-order valence-electron chi connectivity index (χ1n) is 11.8. The average molecular weight is 456 g/mol. The second-order valence-electron chi connectivity index (χ2n) is 9.00. The first-order chi connectivity index (χ1) is 16.6. The second-order valence-corrected chi connectivity index (χ2v) is 9.00. The minimum absolute atomic E-state index is 0.0383. The number of aliphatic hydroxyl groups is 1. The Labute approximate surface area is 200 Å². The molecule has 0 radical (unpaired) electrons. The molecule has 2 saturated heterocycles. The molecule has 6 heteroatoms. The van der Waals surface area contributed by atoms with Crippen LogP contribution in [-0.4, -0.2) is 83.0 Å². The topological polar surface area (TPSA) is 64.1 Å². The highest BCUT2D eigenvalue weighted by molar-refractivity contribution is 5.95. The van der Waals surface area contributed by atoms with Gasteiger partial charge in [0.1, 0.15) is 0 Å². The van der Waals surface area contributed by atoms with Gasteiger partial charge in [0.05, 0.1) is 12.6 Å². The molecule has 0 spiro atoms. The molecule has 2 heterocycles. The third kappa shape index (κ3) is 4.47. The van der Waals surface area contributed by atoms with Crippen LogP contribution in [0.2, 0.25) is 0 Å². The molecule has 34 heavy (non-hydrogen) atoms. The van der Waals surface area contributed by atoms with Gasteiger partial charge in [-0.25, -0.2) is 0 Å². The van der Waals surface area contributed by atoms with Crippen molar-refractivity contribution in [3.63, 3.8) is 0 Å². The SMILES string of the molecule is O=C(c1ccc(-c2ccccc2)cc1)N1CC(N2CCN(C(=O)c3ccccc3)C(CO)C2)C1. The minimum atomic E-state index is -0.239. The van der Waals surface area contributed by atoms with Gasteiger partial charge in [0, 0.05) is 49.9 Å². The van der Waals surface area contributed by atoms with Crippen LogP contribution in [0.25, 0.3) is 11.1 Å². The summed E-state index contributed by atoms with van der Waals surface area (Å²) in [6, 6.07) is 27.1. The first-order valence-corrected chi connectivity index (χ1v) is 11.8. The number of amides is 2. The maximum absolute atomic E-state index is 12.9. The molecule has 0 aliphatic carbocycles. The number of benzene rings is 3. The standard InChI is InChI=1S/C28H29N3O3/c32-20-26-19-29(15-16-31(26)28(34)23-9-5-2-6-10-23)25-17-30(18-25)27(33)24-13-11-22(12-14-24)21-7-3-1-4-8-21/h1-14,25-26,32H,15-20H2. The van der Waals surface area contributed by atoms with Gasteiger partial charge >= 0.3 is 0 Å². The Bertz CT molecular complexity index is 1130. The van der Waals surface area contributed by atoms with Crippen molar-refractivity contribution in [2.45, 2.75) is 12.1 Å². The fourth-order valence-corrected chi connectivity index (χ4v) is 4.85. The van der Waals surface area contributed by atoms with Crippen molar-refractivity contribution in [1.29, 1.82) is 0 Å². The van der Waals surface area contributed by atoms with Gasteiger partial charge in [-0.2, -0.15) is 0 Å². The summed E-state index contributed by atoms with van der Waals surface area (Å²) in [7, 11) is 0. The van der Waals surface area contributed by atoms with Gasteiger partial charge in [-0.15, -0.1) is 0 Å². The lowest BCUT2D eigenvalue weighted by atomic mass is 10.00. The van der Waals surface area contributed by atoms with E-state index in [1.807, 2.05) is 77.7 Å². The smallest absolute Gasteiger partial charge is 0.254 e. The lowest BCUT2D eigenvalue weighted by Gasteiger charge is -2.50. The number of hydrogen-bond acceptors (Lipinski definition) is 4. The second kappa shape index (κ2) is 9.79. The molecule has 1 unspecified atom stereocenters. The van der Waals surface area contributed by atoms with Crippen LogP contribution in [0.4, 0.5) is 0 Å². The molecule has 0 aromatic heterocycles. The fraction of sp³-hybridized carbons (Fsp3) is 0.286. The third-order valence-corrected chi connectivity index (χ3v) is 6.91. The molecule has 3 aromatic carbocycles. The Morgan fingerprint density at radius 1 is 0.706 bits per heavy atom. The molecule has 2 aliphatic heterocycles. The van der Waals surface area contributed by atoms with E-state index in [0.717, 1.165) is 17.7 Å². The van der Waals surface area contributed by atoms with Crippen molar-refractivity contribution in [3.05, 3.63) is 96.1 Å². The summed E-state index contributed by atoms with van der Waals surface area (Å²) in [4.78, 5) is 31.8. The van der Waals surface area contributed by atoms with Crippen LogP contribution >= 0.6 is 0 Å². The van der Waals surface area contributed by atoms with E-state index >= 15 is 0 Å². The zero-order valence-electron chi connectivity index (χ0n) is 19.1. The van der Waals surface area contributed by atoms with Crippen LogP contribution in [-0.2, 0) is 0 Å². The molecular weight excluding hydrogens is 426 g/mol. The summed E-state index contributed by atoms with van der Waals surface area (Å²) >= 11 is 0. The van der Waals surface area contributed by atoms with Crippen LogP contribution in [0.1, 0.15) is 20.7 Å². The maximum atomic E-state index is 12.9. The number of aliphatic hydroxyl groups excluding tert-OH is 1. The van der Waals surface area contributed by atoms with Crippen molar-refractivity contribution in [2.24, 2.45) is 0 Å². The summed E-state index contributed by atoms with van der Waals surface area (Å²) in [5.74, 6) is 0.0103. The number of hydrogen-bond donors (Lipinski definition) is 1. The number of rotatable bonds is 5. The molecule has 6 nitrogen and oxygen atoms in total. The molecule has 3 aromatic rings. The van der Waals surface area contributed by atoms with Gasteiger partial charge in [-0.05, 0) is 35.4 Å². The largest absolute Gasteiger partial charge is 0.394 e. The van der Waals surface area contributed by atoms with E-state index in [9.17, 15) is 14.7 Å². The summed E-state index contributed by atoms with van der Waals surface area (Å²) in [5.41, 5.74) is 3.57. The Balaban J connectivity index is 1.16. The van der Waals surface area contributed by atoms with Gasteiger partial charge < -0.3 is 14.9 Å². The van der Waals surface area contributed by atoms with Crippen LogP contribution < -0.4 is 0 Å². The van der Waals surface area contributed by atoms with Gasteiger partial charge in [0.2, 0.25) is 0 Å². The summed E-state index contributed by atoms with van der Waals surface area (Å²) in [6.07, 6.45) is 0. The van der Waals surface area contributed by atoms with E-state index in [-0.39, 0.29) is 30.5 Å². The van der Waals surface area contributed by atoms with Crippen LogP contribution in [0, 0.1) is 0 Å². The molecule has 2 amide bonds. The highest BCUT2D eigenvalue weighted by Crippen LogP contribution is 2.24. The number of likely N-dealkylation sites (tertiary alicyclic amines) is 1. The van der Waals surface area contributed by atoms with E-state index in [2.05, 4.69) is 17.0 Å². The molecule has 1 atom stereocenters. The van der Waals surface area contributed by atoms with Crippen molar-refractivity contribution in [3.8, 4) is 11.1 Å². The predicted octanol–water partition coefficient (Wildman–Crippen LogP) is 3.00. The molecule has 0 saturated carbocycles. The van der Waals surface area contributed by atoms with Gasteiger partial charge in [-0.3, -0.25) is 14.5 Å². The zero-order valence-corrected chi connectivity index (χ0v) is 19.1. The van der Waals surface area contributed by atoms with Crippen LogP contribution in [0.15, 0.2) is 84.9 Å². The van der Waals surface area contributed by atoms with Crippen molar-refractivity contribution < 1.29 is 14.7 Å². The summed E-state index contributed by atoms with van der Waals surface area (Å²) in [6.45, 7) is 3.21. The summed E-state index contributed by atoms with van der Waals surface area (Å²) < 4.78 is 0. The Morgan fingerprint density at radius 3 is 1.94 bits per heavy atom. The van der Waals surface area contributed by atoms with Gasteiger partial charge in [0.15, 0.2) is 0 Å². The van der Waals surface area contributed by atoms with E-state index in [1.54, 1.807) is 4.90 Å². The molecule has 2 aliphatic rings. The van der Waals surface area contributed by atoms with Gasteiger partial charge in [0.25, 0.3) is 11.8 Å². The fourth-order valence-electron chi connectivity index (χ4n) is 4.85. The maximum Gasteiger partial charge on any atom is 0.254 e. The third-order valence-electron chi connectivity index (χ3n) is 6.91. The monoisotopic (exact) mass is 455 g/mol. The lowest BCUT2D eigenvalue weighted by molar-refractivity contribution is -0.0166. The predicted molar refractivity (Wildman–Crippen MR) is 131 cm³/mol. The molecule has 174 valence electrons. The van der Waals surface area contributed by atoms with Crippen molar-refractivity contribution in [1.82, 2.24) is 14.7 Å². The van der Waals surface area contributed by atoms with E-state index in [1.165, 1.54) is 0 Å². The minimum Gasteiger partial charge on any atom is -0.394 e. The molecular formula is C28H29N3O3. The average Bonchev–Trinajstić information content (AvgIpc) is 2.88. The van der Waals surface area contributed by atoms with Crippen LogP contribution in [0.3, 0.4) is 0 Å². The Kier molecular flexibility index (Phi) is 6.43. The quantitative estimate of drug-likeness (QED) is 0.643. The van der Waals surface area contributed by atoms with E-state index in [0.29, 0.717) is 37.3 Å². The first kappa shape index (κ1) is 22.3. The molecule has 1 N–H and O–H groups in total.